The minimum Gasteiger partial charge on any atom is -0.481 e. The zero-order valence-electron chi connectivity index (χ0n) is 35.2. The molecule has 0 bridgehead atoms. The summed E-state index contributed by atoms with van der Waals surface area (Å²) < 4.78 is 6.42. The summed E-state index contributed by atoms with van der Waals surface area (Å²) in [5, 5.41) is 12.9. The molecule has 6 aliphatic carbocycles. The predicted octanol–water partition coefficient (Wildman–Crippen LogP) is 8.62. The Labute approximate surface area is 325 Å². The number of ether oxygens (including phenoxy) is 1. The van der Waals surface area contributed by atoms with Crippen molar-refractivity contribution in [3.05, 3.63) is 11.1 Å². The summed E-state index contributed by atoms with van der Waals surface area (Å²) >= 11 is 0. The van der Waals surface area contributed by atoms with Gasteiger partial charge in [0, 0.05) is 36.8 Å². The second-order valence-corrected chi connectivity index (χ2v) is 21.7. The van der Waals surface area contributed by atoms with Gasteiger partial charge in [0.2, 0.25) is 5.91 Å². The summed E-state index contributed by atoms with van der Waals surface area (Å²) in [6.07, 6.45) is 13.1. The summed E-state index contributed by atoms with van der Waals surface area (Å²) in [6.45, 7) is 24.4. The van der Waals surface area contributed by atoms with Gasteiger partial charge in [0.25, 0.3) is 0 Å². The summed E-state index contributed by atoms with van der Waals surface area (Å²) in [5.41, 5.74) is 1.48. The van der Waals surface area contributed by atoms with Crippen molar-refractivity contribution in [1.82, 2.24) is 10.2 Å². The number of hydrogen-bond donors (Lipinski definition) is 2. The molecule has 1 heterocycles. The molecule has 7 rings (SSSR count). The Morgan fingerprint density at radius 2 is 1.54 bits per heavy atom. The van der Waals surface area contributed by atoms with Crippen LogP contribution in [0.4, 0.5) is 0 Å². The third-order valence-electron chi connectivity index (χ3n) is 18.3. The van der Waals surface area contributed by atoms with E-state index in [0.717, 1.165) is 76.6 Å². The molecule has 1 amide bonds. The predicted molar refractivity (Wildman–Crippen MR) is 210 cm³/mol. The first-order valence-electron chi connectivity index (χ1n) is 21.9. The fraction of sp³-hybridized carbons (Fsp3) is 0.870. The van der Waals surface area contributed by atoms with Gasteiger partial charge in [-0.15, -0.1) is 0 Å². The fourth-order valence-corrected chi connectivity index (χ4v) is 15.0. The highest BCUT2D eigenvalue weighted by Crippen LogP contribution is 2.77. The van der Waals surface area contributed by atoms with Gasteiger partial charge in [-0.1, -0.05) is 74.3 Å². The van der Waals surface area contributed by atoms with E-state index in [0.29, 0.717) is 43.6 Å². The molecule has 7 aliphatic rings. The maximum atomic E-state index is 14.0. The molecule has 5 saturated carbocycles. The molecule has 0 aromatic heterocycles. The van der Waals surface area contributed by atoms with E-state index in [1.54, 1.807) is 0 Å². The minimum absolute atomic E-state index is 0.0299. The number of aliphatic carboxylic acids is 1. The van der Waals surface area contributed by atoms with Gasteiger partial charge in [-0.2, -0.15) is 0 Å². The average molecular weight is 749 g/mol. The number of fused-ring (bicyclic) bond motifs is 7. The first-order valence-corrected chi connectivity index (χ1v) is 21.9. The van der Waals surface area contributed by atoms with Crippen LogP contribution in [0.3, 0.4) is 0 Å². The van der Waals surface area contributed by atoms with E-state index >= 15 is 0 Å². The zero-order chi connectivity index (χ0) is 39.2. The molecule has 10 atom stereocenters. The number of ketones is 1. The second kappa shape index (κ2) is 13.7. The standard InChI is InChI=1S/C46H72N2O6/c1-28(2)37-32(49)26-46(27-36(50)47-21-24-48-22-11-10-12-23-48)20-19-44(8)29(38(37)46)13-14-34-43(7)17-16-35(42(5,6)33(43)15-18-45(34,44)9)54-40(53)31-25-30(39(51)52)41(31,3)4/h28-31,33-35H,10-27H2,1-9H3,(H,47,50)(H,51,52)/t29-,30+,31-,33+,34-,35+,43+,44-,45-,46+/m1/s1. The first-order chi connectivity index (χ1) is 25.2. The zero-order valence-corrected chi connectivity index (χ0v) is 35.2. The van der Waals surface area contributed by atoms with Crippen LogP contribution in [-0.2, 0) is 23.9 Å². The van der Waals surface area contributed by atoms with E-state index in [1.807, 2.05) is 13.8 Å². The van der Waals surface area contributed by atoms with Crippen molar-refractivity contribution < 1.29 is 29.0 Å². The van der Waals surface area contributed by atoms with E-state index in [-0.39, 0.29) is 62.7 Å². The number of carboxylic acids is 1. The van der Waals surface area contributed by atoms with Gasteiger partial charge in [0.05, 0.1) is 11.8 Å². The van der Waals surface area contributed by atoms with Crippen molar-refractivity contribution in [1.29, 1.82) is 0 Å². The molecule has 0 radical (unpaired) electrons. The number of carbonyl (C=O) groups excluding carboxylic acids is 3. The van der Waals surface area contributed by atoms with Crippen LogP contribution >= 0.6 is 0 Å². The van der Waals surface area contributed by atoms with Crippen LogP contribution in [-0.4, -0.2) is 65.9 Å². The number of nitrogens with one attached hydrogen (secondary N) is 1. The summed E-state index contributed by atoms with van der Waals surface area (Å²) in [7, 11) is 0. The number of nitrogens with zero attached hydrogens (tertiary/aromatic N) is 1. The van der Waals surface area contributed by atoms with Crippen molar-refractivity contribution in [2.75, 3.05) is 26.2 Å². The SMILES string of the molecule is CC(C)C1=C2[C@H]3CC[C@@H]4[C@@]5(C)CC[C@H](OC(=O)[C@H]6C[C@@H](C(=O)O)C6(C)C)C(C)(C)[C@@H]5CC[C@@]4(C)[C@]3(C)CC[C@@]2(CC(=O)NCCN2CCCCC2)CC1=O. The number of esters is 1. The van der Waals surface area contributed by atoms with Gasteiger partial charge in [0.1, 0.15) is 6.10 Å². The Morgan fingerprint density at radius 3 is 2.19 bits per heavy atom. The Kier molecular flexibility index (Phi) is 10.2. The van der Waals surface area contributed by atoms with Crippen LogP contribution in [0.25, 0.3) is 0 Å². The molecular weight excluding hydrogens is 677 g/mol. The van der Waals surface area contributed by atoms with Gasteiger partial charge in [0.15, 0.2) is 5.78 Å². The van der Waals surface area contributed by atoms with E-state index in [9.17, 15) is 24.3 Å². The maximum Gasteiger partial charge on any atom is 0.309 e. The van der Waals surface area contributed by atoms with Crippen LogP contribution in [0.5, 0.6) is 0 Å². The number of likely N-dealkylation sites (tertiary alicyclic amines) is 1. The third-order valence-corrected chi connectivity index (χ3v) is 18.3. The van der Waals surface area contributed by atoms with Gasteiger partial charge in [-0.25, -0.2) is 0 Å². The lowest BCUT2D eigenvalue weighted by Crippen LogP contribution is -2.66. The normalized spacial score (nSPS) is 42.6. The van der Waals surface area contributed by atoms with Crippen molar-refractivity contribution >= 4 is 23.6 Å². The molecule has 0 unspecified atom stereocenters. The van der Waals surface area contributed by atoms with Crippen LogP contribution in [0.1, 0.15) is 152 Å². The average Bonchev–Trinajstić information content (AvgIpc) is 3.37. The Hall–Kier alpha value is -2.22. The molecule has 302 valence electrons. The molecule has 0 aromatic carbocycles. The van der Waals surface area contributed by atoms with Gasteiger partial charge in [-0.05, 0) is 135 Å². The summed E-state index contributed by atoms with van der Waals surface area (Å²) in [5.74, 6) is -0.127. The Balaban J connectivity index is 1.10. The van der Waals surface area contributed by atoms with Crippen LogP contribution in [0, 0.1) is 68.0 Å². The van der Waals surface area contributed by atoms with Gasteiger partial charge >= 0.3 is 11.9 Å². The molecule has 54 heavy (non-hydrogen) atoms. The number of carboxylic acid groups (broad SMARTS) is 1. The third kappa shape index (κ3) is 5.98. The highest BCUT2D eigenvalue weighted by atomic mass is 16.5. The summed E-state index contributed by atoms with van der Waals surface area (Å²) in [4.78, 5) is 55.7. The lowest BCUT2D eigenvalue weighted by Gasteiger charge is -2.72. The van der Waals surface area contributed by atoms with Crippen molar-refractivity contribution in [3.63, 3.8) is 0 Å². The summed E-state index contributed by atoms with van der Waals surface area (Å²) in [6, 6.07) is 0. The maximum absolute atomic E-state index is 14.0. The van der Waals surface area contributed by atoms with Crippen LogP contribution in [0.15, 0.2) is 11.1 Å². The number of hydrogen-bond acceptors (Lipinski definition) is 6. The molecule has 0 aromatic rings. The number of carbonyl (C=O) groups is 4. The number of amides is 1. The topological polar surface area (TPSA) is 113 Å². The molecule has 1 saturated heterocycles. The number of rotatable bonds is 9. The lowest BCUT2D eigenvalue weighted by molar-refractivity contribution is -0.236. The lowest BCUT2D eigenvalue weighted by atomic mass is 9.33. The van der Waals surface area contributed by atoms with Crippen LogP contribution < -0.4 is 5.32 Å². The molecule has 8 nitrogen and oxygen atoms in total. The largest absolute Gasteiger partial charge is 0.481 e. The van der Waals surface area contributed by atoms with E-state index in [1.165, 1.54) is 24.8 Å². The number of allylic oxidation sites excluding steroid dienone is 2. The van der Waals surface area contributed by atoms with Crippen molar-refractivity contribution in [2.24, 2.45) is 68.0 Å². The number of Topliss-reactive ketones (excluding diaryl/α,β-unsaturated/α-hetero) is 1. The van der Waals surface area contributed by atoms with Crippen molar-refractivity contribution in [2.45, 2.75) is 158 Å². The second-order valence-electron chi connectivity index (χ2n) is 21.7. The molecule has 2 N–H and O–H groups in total. The quantitative estimate of drug-likeness (QED) is 0.227. The van der Waals surface area contributed by atoms with Gasteiger partial charge < -0.3 is 20.1 Å². The monoisotopic (exact) mass is 749 g/mol. The van der Waals surface area contributed by atoms with Crippen LogP contribution in [0.2, 0.25) is 0 Å². The molecule has 6 fully saturated rings. The van der Waals surface area contributed by atoms with E-state index in [4.69, 9.17) is 4.74 Å². The Morgan fingerprint density at radius 1 is 0.833 bits per heavy atom. The fourth-order valence-electron chi connectivity index (χ4n) is 15.0. The molecular formula is C46H72N2O6. The molecule has 1 aliphatic heterocycles. The highest BCUT2D eigenvalue weighted by Gasteiger charge is 2.70. The first kappa shape index (κ1) is 40.0. The van der Waals surface area contributed by atoms with E-state index < -0.39 is 17.3 Å². The van der Waals surface area contributed by atoms with Crippen molar-refractivity contribution in [3.8, 4) is 0 Å². The highest BCUT2D eigenvalue weighted by molar-refractivity contribution is 6.01. The molecule has 8 heteroatoms. The van der Waals surface area contributed by atoms with E-state index in [2.05, 4.69) is 58.7 Å². The van der Waals surface area contributed by atoms with Gasteiger partial charge in [-0.3, -0.25) is 19.2 Å². The minimum atomic E-state index is -0.824. The Bertz CT molecular complexity index is 1570. The number of piperidine rings is 1. The smallest absolute Gasteiger partial charge is 0.309 e. The molecule has 0 spiro atoms.